The number of pyridine rings is 1. The van der Waals surface area contributed by atoms with E-state index in [1.165, 1.54) is 0 Å². The Morgan fingerprint density at radius 1 is 1.71 bits per heavy atom. The lowest BCUT2D eigenvalue weighted by Gasteiger charge is -2.20. The molecule has 0 unspecified atom stereocenters. The monoisotopic (exact) mass is 235 g/mol. The molecule has 5 nitrogen and oxygen atoms in total. The van der Waals surface area contributed by atoms with Crippen LogP contribution in [0.1, 0.15) is 10.5 Å². The van der Waals surface area contributed by atoms with Crippen molar-refractivity contribution in [3.63, 3.8) is 0 Å². The van der Waals surface area contributed by atoms with Crippen LogP contribution in [0.25, 0.3) is 0 Å². The second-order valence-corrected chi connectivity index (χ2v) is 3.47. The van der Waals surface area contributed by atoms with E-state index in [2.05, 4.69) is 11.6 Å². The number of carbonyl (C=O) groups is 1. The van der Waals surface area contributed by atoms with E-state index in [9.17, 15) is 4.79 Å². The Kier molecular flexibility index (Phi) is 5.16. The van der Waals surface area contributed by atoms with Crippen molar-refractivity contribution in [2.75, 3.05) is 32.5 Å². The molecule has 1 amide bonds. The van der Waals surface area contributed by atoms with Crippen LogP contribution in [0.3, 0.4) is 0 Å². The van der Waals surface area contributed by atoms with Gasteiger partial charge in [-0.3, -0.25) is 4.79 Å². The number of hydrogen-bond acceptors (Lipinski definition) is 4. The standard InChI is InChI=1S/C12H17N3O2/c1-3-7-15(8-9-17-2)12(16)11-10(13)5-4-6-14-11/h3-6H,1,7-9,13H2,2H3. The molecule has 0 fully saturated rings. The lowest BCUT2D eigenvalue weighted by Crippen LogP contribution is -2.35. The molecule has 0 saturated heterocycles. The molecule has 1 aromatic heterocycles. The molecule has 0 aliphatic heterocycles. The highest BCUT2D eigenvalue weighted by Crippen LogP contribution is 2.10. The SMILES string of the molecule is C=CCN(CCOC)C(=O)c1ncccc1N. The second kappa shape index (κ2) is 6.65. The van der Waals surface area contributed by atoms with Gasteiger partial charge in [-0.2, -0.15) is 0 Å². The number of nitrogens with zero attached hydrogens (tertiary/aromatic N) is 2. The third-order valence-corrected chi connectivity index (χ3v) is 2.24. The number of aromatic nitrogens is 1. The van der Waals surface area contributed by atoms with Crippen LogP contribution in [0.2, 0.25) is 0 Å². The molecule has 17 heavy (non-hydrogen) atoms. The van der Waals surface area contributed by atoms with Gasteiger partial charge in [0.05, 0.1) is 12.3 Å². The highest BCUT2D eigenvalue weighted by atomic mass is 16.5. The number of ether oxygens (including phenoxy) is 1. The molecule has 92 valence electrons. The summed E-state index contributed by atoms with van der Waals surface area (Å²) < 4.78 is 4.96. The van der Waals surface area contributed by atoms with Gasteiger partial charge in [-0.15, -0.1) is 6.58 Å². The Labute approximate surface area is 101 Å². The molecule has 0 saturated carbocycles. The van der Waals surface area contributed by atoms with E-state index in [1.54, 1.807) is 36.4 Å². The number of amides is 1. The summed E-state index contributed by atoms with van der Waals surface area (Å²) in [6.07, 6.45) is 3.21. The first kappa shape index (κ1) is 13.2. The van der Waals surface area contributed by atoms with Gasteiger partial charge < -0.3 is 15.4 Å². The van der Waals surface area contributed by atoms with E-state index in [-0.39, 0.29) is 11.6 Å². The molecule has 1 aromatic rings. The Hall–Kier alpha value is -1.88. The summed E-state index contributed by atoms with van der Waals surface area (Å²) in [4.78, 5) is 17.7. The second-order valence-electron chi connectivity index (χ2n) is 3.47. The van der Waals surface area contributed by atoms with Crippen molar-refractivity contribution >= 4 is 11.6 Å². The summed E-state index contributed by atoms with van der Waals surface area (Å²) in [5.41, 5.74) is 6.36. The van der Waals surface area contributed by atoms with Crippen molar-refractivity contribution in [2.24, 2.45) is 0 Å². The van der Waals surface area contributed by atoms with E-state index in [1.807, 2.05) is 0 Å². The number of methoxy groups -OCH3 is 1. The molecule has 2 N–H and O–H groups in total. The van der Waals surface area contributed by atoms with Crippen molar-refractivity contribution in [3.05, 3.63) is 36.7 Å². The number of hydrogen-bond donors (Lipinski definition) is 1. The predicted octanol–water partition coefficient (Wildman–Crippen LogP) is 0.938. The molecule has 0 spiro atoms. The first-order chi connectivity index (χ1) is 8.20. The minimum atomic E-state index is -0.208. The van der Waals surface area contributed by atoms with Gasteiger partial charge in [0.2, 0.25) is 0 Å². The molecule has 0 bridgehead atoms. The molecule has 0 aliphatic rings. The zero-order valence-electron chi connectivity index (χ0n) is 9.93. The molecular formula is C12H17N3O2. The van der Waals surface area contributed by atoms with Crippen LogP contribution < -0.4 is 5.73 Å². The van der Waals surface area contributed by atoms with Gasteiger partial charge in [0.25, 0.3) is 5.91 Å². The maximum atomic E-state index is 12.1. The van der Waals surface area contributed by atoms with Gasteiger partial charge in [0.15, 0.2) is 5.69 Å². The van der Waals surface area contributed by atoms with Crippen LogP contribution in [-0.4, -0.2) is 42.6 Å². The average molecular weight is 235 g/mol. The Morgan fingerprint density at radius 2 is 2.47 bits per heavy atom. The average Bonchev–Trinajstić information content (AvgIpc) is 2.34. The minimum Gasteiger partial charge on any atom is -0.397 e. The minimum absolute atomic E-state index is 0.208. The maximum absolute atomic E-state index is 12.1. The molecule has 5 heteroatoms. The molecule has 0 aromatic carbocycles. The summed E-state index contributed by atoms with van der Waals surface area (Å²) in [7, 11) is 1.59. The van der Waals surface area contributed by atoms with Gasteiger partial charge >= 0.3 is 0 Å². The highest BCUT2D eigenvalue weighted by molar-refractivity contribution is 5.97. The number of nitrogens with two attached hydrogens (primary N) is 1. The van der Waals surface area contributed by atoms with E-state index < -0.39 is 0 Å². The smallest absolute Gasteiger partial charge is 0.274 e. The molecule has 0 radical (unpaired) electrons. The fourth-order valence-corrected chi connectivity index (χ4v) is 1.38. The number of rotatable bonds is 6. The quantitative estimate of drug-likeness (QED) is 0.745. The third-order valence-electron chi connectivity index (χ3n) is 2.24. The van der Waals surface area contributed by atoms with Crippen molar-refractivity contribution in [3.8, 4) is 0 Å². The molecular weight excluding hydrogens is 218 g/mol. The van der Waals surface area contributed by atoms with Crippen LogP contribution in [0.15, 0.2) is 31.0 Å². The number of nitrogen functional groups attached to an aromatic ring is 1. The zero-order valence-corrected chi connectivity index (χ0v) is 9.93. The summed E-state index contributed by atoms with van der Waals surface area (Å²) in [5.74, 6) is -0.208. The molecule has 1 heterocycles. The fraction of sp³-hybridized carbons (Fsp3) is 0.333. The Bertz CT molecular complexity index is 393. The van der Waals surface area contributed by atoms with Crippen molar-refractivity contribution in [2.45, 2.75) is 0 Å². The number of carbonyl (C=O) groups excluding carboxylic acids is 1. The van der Waals surface area contributed by atoms with Gasteiger partial charge in [-0.1, -0.05) is 6.08 Å². The van der Waals surface area contributed by atoms with Gasteiger partial charge in [0, 0.05) is 26.4 Å². The lowest BCUT2D eigenvalue weighted by molar-refractivity contribution is 0.0713. The summed E-state index contributed by atoms with van der Waals surface area (Å²) in [6, 6.07) is 3.35. The van der Waals surface area contributed by atoms with Gasteiger partial charge in [-0.25, -0.2) is 4.98 Å². The van der Waals surface area contributed by atoms with Crippen molar-refractivity contribution < 1.29 is 9.53 Å². The summed E-state index contributed by atoms with van der Waals surface area (Å²) in [5, 5.41) is 0. The van der Waals surface area contributed by atoms with Crippen LogP contribution >= 0.6 is 0 Å². The molecule has 0 atom stereocenters. The molecule has 1 rings (SSSR count). The molecule has 0 aliphatic carbocycles. The normalized spacial score (nSPS) is 9.94. The van der Waals surface area contributed by atoms with E-state index in [0.717, 1.165) is 0 Å². The van der Waals surface area contributed by atoms with Crippen LogP contribution in [-0.2, 0) is 4.74 Å². The van der Waals surface area contributed by atoms with E-state index in [4.69, 9.17) is 10.5 Å². The predicted molar refractivity (Wildman–Crippen MR) is 66.6 cm³/mol. The summed E-state index contributed by atoms with van der Waals surface area (Å²) >= 11 is 0. The first-order valence-electron chi connectivity index (χ1n) is 5.30. The first-order valence-corrected chi connectivity index (χ1v) is 5.30. The third kappa shape index (κ3) is 3.57. The Balaban J connectivity index is 2.83. The van der Waals surface area contributed by atoms with Crippen molar-refractivity contribution in [1.29, 1.82) is 0 Å². The van der Waals surface area contributed by atoms with Gasteiger partial charge in [-0.05, 0) is 12.1 Å². The fourth-order valence-electron chi connectivity index (χ4n) is 1.38. The van der Waals surface area contributed by atoms with Crippen LogP contribution in [0, 0.1) is 0 Å². The number of anilines is 1. The maximum Gasteiger partial charge on any atom is 0.274 e. The Morgan fingerprint density at radius 3 is 3.06 bits per heavy atom. The van der Waals surface area contributed by atoms with Crippen molar-refractivity contribution in [1.82, 2.24) is 9.88 Å². The zero-order chi connectivity index (χ0) is 12.7. The van der Waals surface area contributed by atoms with Gasteiger partial charge in [0.1, 0.15) is 0 Å². The van der Waals surface area contributed by atoms with Crippen LogP contribution in [0.5, 0.6) is 0 Å². The van der Waals surface area contributed by atoms with E-state index in [0.29, 0.717) is 25.4 Å². The highest BCUT2D eigenvalue weighted by Gasteiger charge is 2.17. The van der Waals surface area contributed by atoms with E-state index >= 15 is 0 Å². The van der Waals surface area contributed by atoms with Crippen LogP contribution in [0.4, 0.5) is 5.69 Å². The summed E-state index contributed by atoms with van der Waals surface area (Å²) in [6.45, 7) is 5.01. The lowest BCUT2D eigenvalue weighted by atomic mass is 10.2. The topological polar surface area (TPSA) is 68.5 Å². The largest absolute Gasteiger partial charge is 0.397 e.